The lowest BCUT2D eigenvalue weighted by Crippen LogP contribution is -2.12. The zero-order valence-electron chi connectivity index (χ0n) is 31.8. The van der Waals surface area contributed by atoms with Crippen LogP contribution in [0.4, 0.5) is 17.1 Å². The summed E-state index contributed by atoms with van der Waals surface area (Å²) in [5.41, 5.74) is 13.9. The maximum absolute atomic E-state index is 2.52. The molecule has 0 radical (unpaired) electrons. The number of para-hydroxylation sites is 2. The lowest BCUT2D eigenvalue weighted by Gasteiger charge is -2.30. The van der Waals surface area contributed by atoms with E-state index in [0.717, 1.165) is 33.8 Å². The molecule has 0 bridgehead atoms. The first kappa shape index (κ1) is 33.6. The fraction of sp³-hybridized carbons (Fsp3) is 0. The van der Waals surface area contributed by atoms with Gasteiger partial charge < -0.3 is 9.47 Å². The van der Waals surface area contributed by atoms with Crippen molar-refractivity contribution in [2.75, 3.05) is 4.90 Å². The standard InChI is InChI=1S/C56H38N2/c1-4-19-39(20-5-1)42-35-36-52(49(37-42)41-23-8-3-9-24-41)57-51-32-17-15-30-48(51)56-53(57)33-18-34-54(56)58(50-31-16-14-27-45(50)40-21-6-2-7-22-40)55-38-43-25-10-11-26-44(43)46-28-12-13-29-47(46)55/h1-38H. The second kappa shape index (κ2) is 14.1. The van der Waals surface area contributed by atoms with Gasteiger partial charge in [-0.15, -0.1) is 0 Å². The number of fused-ring (bicyclic) bond motifs is 6. The van der Waals surface area contributed by atoms with Crippen molar-refractivity contribution in [2.45, 2.75) is 0 Å². The molecule has 0 amide bonds. The van der Waals surface area contributed by atoms with Gasteiger partial charge >= 0.3 is 0 Å². The van der Waals surface area contributed by atoms with Crippen molar-refractivity contribution in [3.05, 3.63) is 231 Å². The molecule has 0 N–H and O–H groups in total. The minimum Gasteiger partial charge on any atom is -0.309 e. The summed E-state index contributed by atoms with van der Waals surface area (Å²) in [4.78, 5) is 2.52. The van der Waals surface area contributed by atoms with Crippen LogP contribution in [-0.2, 0) is 0 Å². The normalized spacial score (nSPS) is 11.4. The van der Waals surface area contributed by atoms with Crippen LogP contribution < -0.4 is 4.90 Å². The van der Waals surface area contributed by atoms with Gasteiger partial charge in [-0.1, -0.05) is 188 Å². The summed E-state index contributed by atoms with van der Waals surface area (Å²) in [6.45, 7) is 0. The lowest BCUT2D eigenvalue weighted by molar-refractivity contribution is 1.18. The summed E-state index contributed by atoms with van der Waals surface area (Å²) in [6.07, 6.45) is 0. The van der Waals surface area contributed by atoms with Gasteiger partial charge in [0, 0.05) is 27.3 Å². The Morgan fingerprint density at radius 1 is 0.293 bits per heavy atom. The van der Waals surface area contributed by atoms with Gasteiger partial charge in [-0.25, -0.2) is 0 Å². The minimum absolute atomic E-state index is 1.12. The summed E-state index contributed by atoms with van der Waals surface area (Å²) in [5.74, 6) is 0. The van der Waals surface area contributed by atoms with E-state index in [2.05, 4.69) is 240 Å². The largest absolute Gasteiger partial charge is 0.309 e. The average molecular weight is 739 g/mol. The summed E-state index contributed by atoms with van der Waals surface area (Å²) >= 11 is 0. The monoisotopic (exact) mass is 738 g/mol. The van der Waals surface area contributed by atoms with Crippen molar-refractivity contribution in [3.63, 3.8) is 0 Å². The Morgan fingerprint density at radius 2 is 0.845 bits per heavy atom. The van der Waals surface area contributed by atoms with Crippen LogP contribution in [0.15, 0.2) is 231 Å². The van der Waals surface area contributed by atoms with Crippen LogP contribution >= 0.6 is 0 Å². The lowest BCUT2D eigenvalue weighted by atomic mass is 9.96. The van der Waals surface area contributed by atoms with E-state index in [1.807, 2.05) is 0 Å². The van der Waals surface area contributed by atoms with Gasteiger partial charge in [-0.3, -0.25) is 0 Å². The average Bonchev–Trinajstić information content (AvgIpc) is 3.65. The van der Waals surface area contributed by atoms with Crippen molar-refractivity contribution < 1.29 is 0 Å². The summed E-state index contributed by atoms with van der Waals surface area (Å²) in [7, 11) is 0. The van der Waals surface area contributed by atoms with Gasteiger partial charge in [-0.2, -0.15) is 0 Å². The molecule has 0 saturated heterocycles. The van der Waals surface area contributed by atoms with Gasteiger partial charge in [-0.05, 0) is 80.9 Å². The zero-order valence-corrected chi connectivity index (χ0v) is 31.8. The molecular weight excluding hydrogens is 701 g/mol. The molecule has 11 aromatic rings. The second-order valence-electron chi connectivity index (χ2n) is 14.9. The van der Waals surface area contributed by atoms with Crippen LogP contribution in [0.25, 0.3) is 82.4 Å². The first-order chi connectivity index (χ1) is 28.8. The molecule has 0 spiro atoms. The maximum Gasteiger partial charge on any atom is 0.0562 e. The van der Waals surface area contributed by atoms with E-state index in [9.17, 15) is 0 Å². The number of benzene rings is 10. The third-order valence-corrected chi connectivity index (χ3v) is 11.6. The molecule has 0 fully saturated rings. The summed E-state index contributed by atoms with van der Waals surface area (Å²) in [5, 5.41) is 7.29. The van der Waals surface area contributed by atoms with Crippen molar-refractivity contribution in [1.82, 2.24) is 4.57 Å². The predicted octanol–water partition coefficient (Wildman–Crippen LogP) is 15.6. The number of hydrogen-bond acceptors (Lipinski definition) is 1. The van der Waals surface area contributed by atoms with E-state index < -0.39 is 0 Å². The number of aromatic nitrogens is 1. The van der Waals surface area contributed by atoms with Crippen LogP contribution in [-0.4, -0.2) is 4.57 Å². The molecule has 10 aromatic carbocycles. The molecule has 0 saturated carbocycles. The fourth-order valence-electron chi connectivity index (χ4n) is 8.98. The van der Waals surface area contributed by atoms with Crippen LogP contribution in [0.3, 0.4) is 0 Å². The van der Waals surface area contributed by atoms with Crippen molar-refractivity contribution in [2.24, 2.45) is 0 Å². The smallest absolute Gasteiger partial charge is 0.0562 e. The first-order valence-electron chi connectivity index (χ1n) is 19.9. The number of anilines is 3. The molecule has 0 aliphatic heterocycles. The third-order valence-electron chi connectivity index (χ3n) is 11.6. The van der Waals surface area contributed by atoms with Crippen LogP contribution in [0, 0.1) is 0 Å². The molecule has 1 aromatic heterocycles. The molecule has 0 unspecified atom stereocenters. The Labute approximate surface area is 338 Å². The second-order valence-corrected chi connectivity index (χ2v) is 14.9. The molecule has 2 heteroatoms. The fourth-order valence-corrected chi connectivity index (χ4v) is 8.98. The molecule has 0 aliphatic carbocycles. The highest BCUT2D eigenvalue weighted by molar-refractivity contribution is 6.20. The van der Waals surface area contributed by atoms with Crippen LogP contribution in [0.2, 0.25) is 0 Å². The molecular formula is C56H38N2. The minimum atomic E-state index is 1.12. The van der Waals surface area contributed by atoms with Gasteiger partial charge in [0.25, 0.3) is 0 Å². The molecule has 272 valence electrons. The third kappa shape index (κ3) is 5.57. The van der Waals surface area contributed by atoms with E-state index in [1.54, 1.807) is 0 Å². The highest BCUT2D eigenvalue weighted by atomic mass is 15.2. The van der Waals surface area contributed by atoms with Crippen LogP contribution in [0.5, 0.6) is 0 Å². The molecule has 0 aliphatic rings. The van der Waals surface area contributed by atoms with Gasteiger partial charge in [0.05, 0.1) is 33.8 Å². The van der Waals surface area contributed by atoms with Crippen LogP contribution in [0.1, 0.15) is 0 Å². The number of rotatable bonds is 7. The molecule has 1 heterocycles. The molecule has 2 nitrogen and oxygen atoms in total. The Bertz CT molecular complexity index is 3270. The zero-order chi connectivity index (χ0) is 38.4. The SMILES string of the molecule is c1ccc(-c2ccc(-n3c4ccccc4c4c(N(c5ccccc5-c5ccccc5)c5cc6ccccc6c6ccccc56)cccc43)c(-c3ccccc3)c2)cc1. The van der Waals surface area contributed by atoms with Crippen molar-refractivity contribution in [3.8, 4) is 39.1 Å². The van der Waals surface area contributed by atoms with E-state index in [1.165, 1.54) is 65.7 Å². The molecule has 0 atom stereocenters. The predicted molar refractivity (Wildman–Crippen MR) is 247 cm³/mol. The molecule has 58 heavy (non-hydrogen) atoms. The Balaban J connectivity index is 1.25. The van der Waals surface area contributed by atoms with Gasteiger partial charge in [0.15, 0.2) is 0 Å². The van der Waals surface area contributed by atoms with E-state index in [0.29, 0.717) is 0 Å². The number of nitrogens with zero attached hydrogens (tertiary/aromatic N) is 2. The van der Waals surface area contributed by atoms with E-state index >= 15 is 0 Å². The van der Waals surface area contributed by atoms with E-state index in [4.69, 9.17) is 0 Å². The Hall–Kier alpha value is -7.68. The van der Waals surface area contributed by atoms with Crippen molar-refractivity contribution >= 4 is 60.4 Å². The Kier molecular flexibility index (Phi) is 8.19. The van der Waals surface area contributed by atoms with Crippen molar-refractivity contribution in [1.29, 1.82) is 0 Å². The summed E-state index contributed by atoms with van der Waals surface area (Å²) < 4.78 is 2.48. The Morgan fingerprint density at radius 3 is 1.60 bits per heavy atom. The maximum atomic E-state index is 2.52. The molecule has 11 rings (SSSR count). The highest BCUT2D eigenvalue weighted by Crippen LogP contribution is 2.49. The van der Waals surface area contributed by atoms with Gasteiger partial charge in [0.1, 0.15) is 0 Å². The first-order valence-corrected chi connectivity index (χ1v) is 19.9. The van der Waals surface area contributed by atoms with E-state index in [-0.39, 0.29) is 0 Å². The van der Waals surface area contributed by atoms with Gasteiger partial charge in [0.2, 0.25) is 0 Å². The highest BCUT2D eigenvalue weighted by Gasteiger charge is 2.25. The summed E-state index contributed by atoms with van der Waals surface area (Å²) in [6, 6.07) is 83.8. The quantitative estimate of drug-likeness (QED) is 0.148. The topological polar surface area (TPSA) is 8.17 Å². The number of hydrogen-bond donors (Lipinski definition) is 0.